The molecule has 0 aliphatic carbocycles. The van der Waals surface area contributed by atoms with Crippen LogP contribution in [0.15, 0.2) is 22.7 Å². The van der Waals surface area contributed by atoms with E-state index in [1.807, 2.05) is 6.07 Å². The molecule has 0 fully saturated rings. The van der Waals surface area contributed by atoms with Gasteiger partial charge in [0.25, 0.3) is 0 Å². The number of hydrogen-bond donors (Lipinski definition) is 1. The first-order valence-electron chi connectivity index (χ1n) is 4.28. The molecule has 0 atom stereocenters. The molecule has 1 rings (SSSR count). The maximum atomic E-state index is 10.6. The van der Waals surface area contributed by atoms with Crippen LogP contribution in [0, 0.1) is 11.8 Å². The molecule has 0 spiro atoms. The Hall–Kier alpha value is -0.980. The minimum atomic E-state index is -0.0838. The highest BCUT2D eigenvalue weighted by atomic mass is 79.9. The van der Waals surface area contributed by atoms with Crippen LogP contribution in [0.3, 0.4) is 0 Å². The van der Waals surface area contributed by atoms with Gasteiger partial charge < -0.3 is 5.32 Å². The van der Waals surface area contributed by atoms with Crippen molar-refractivity contribution in [1.29, 1.82) is 0 Å². The predicted octanol–water partition coefficient (Wildman–Crippen LogP) is 2.59. The van der Waals surface area contributed by atoms with E-state index < -0.39 is 0 Å². The highest BCUT2D eigenvalue weighted by Gasteiger charge is 1.96. The Labute approximate surface area is 102 Å². The molecular weight excluding hydrogens is 277 g/mol. The van der Waals surface area contributed by atoms with Crippen molar-refractivity contribution in [3.05, 3.63) is 33.3 Å². The van der Waals surface area contributed by atoms with Gasteiger partial charge in [0.2, 0.25) is 5.91 Å². The standard InChI is InChI=1S/C11H9BrClNO/c1-8(15)14-6-2-3-9-4-5-10(13)7-11(9)12/h4-5,7H,6H2,1H3,(H,14,15). The molecule has 0 heterocycles. The van der Waals surface area contributed by atoms with E-state index in [1.54, 1.807) is 12.1 Å². The summed E-state index contributed by atoms with van der Waals surface area (Å²) in [5.41, 5.74) is 0.852. The second-order valence-electron chi connectivity index (χ2n) is 2.84. The zero-order chi connectivity index (χ0) is 11.3. The van der Waals surface area contributed by atoms with Crippen molar-refractivity contribution < 1.29 is 4.79 Å². The van der Waals surface area contributed by atoms with Crippen LogP contribution in [-0.4, -0.2) is 12.5 Å². The number of rotatable bonds is 1. The van der Waals surface area contributed by atoms with Crippen molar-refractivity contribution in [2.24, 2.45) is 0 Å². The van der Waals surface area contributed by atoms with Crippen LogP contribution in [0.2, 0.25) is 5.02 Å². The Morgan fingerprint density at radius 3 is 2.93 bits per heavy atom. The summed E-state index contributed by atoms with van der Waals surface area (Å²) >= 11 is 9.14. The number of carbonyl (C=O) groups is 1. The van der Waals surface area contributed by atoms with Gasteiger partial charge in [0, 0.05) is 22.0 Å². The van der Waals surface area contributed by atoms with E-state index in [-0.39, 0.29) is 5.91 Å². The first-order chi connectivity index (χ1) is 7.09. The van der Waals surface area contributed by atoms with E-state index in [0.717, 1.165) is 10.0 Å². The van der Waals surface area contributed by atoms with Gasteiger partial charge in [0.15, 0.2) is 0 Å². The van der Waals surface area contributed by atoms with Crippen molar-refractivity contribution in [2.45, 2.75) is 6.92 Å². The van der Waals surface area contributed by atoms with Gasteiger partial charge in [-0.3, -0.25) is 4.79 Å². The van der Waals surface area contributed by atoms with Crippen molar-refractivity contribution in [2.75, 3.05) is 6.54 Å². The van der Waals surface area contributed by atoms with Gasteiger partial charge in [0.1, 0.15) is 0 Å². The summed E-state index contributed by atoms with van der Waals surface area (Å²) in [4.78, 5) is 10.6. The third kappa shape index (κ3) is 4.37. The zero-order valence-electron chi connectivity index (χ0n) is 8.10. The van der Waals surface area contributed by atoms with Crippen molar-refractivity contribution in [1.82, 2.24) is 5.32 Å². The number of nitrogens with one attached hydrogen (secondary N) is 1. The highest BCUT2D eigenvalue weighted by Crippen LogP contribution is 2.20. The quantitative estimate of drug-likeness (QED) is 0.790. The third-order valence-corrected chi connectivity index (χ3v) is 2.47. The Morgan fingerprint density at radius 1 is 1.60 bits per heavy atom. The van der Waals surface area contributed by atoms with E-state index in [1.165, 1.54) is 6.92 Å². The van der Waals surface area contributed by atoms with Gasteiger partial charge in [-0.05, 0) is 34.1 Å². The Kier molecular flexibility index (Phi) is 4.67. The summed E-state index contributed by atoms with van der Waals surface area (Å²) in [7, 11) is 0. The van der Waals surface area contributed by atoms with Crippen molar-refractivity contribution >= 4 is 33.4 Å². The molecule has 0 aromatic heterocycles. The smallest absolute Gasteiger partial charge is 0.217 e. The number of amides is 1. The van der Waals surface area contributed by atoms with Crippen LogP contribution < -0.4 is 5.32 Å². The van der Waals surface area contributed by atoms with Gasteiger partial charge in [-0.15, -0.1) is 0 Å². The Balaban J connectivity index is 2.67. The number of halogens is 2. The second kappa shape index (κ2) is 5.79. The third-order valence-electron chi connectivity index (χ3n) is 1.58. The molecule has 15 heavy (non-hydrogen) atoms. The maximum Gasteiger partial charge on any atom is 0.217 e. The van der Waals surface area contributed by atoms with E-state index in [4.69, 9.17) is 11.6 Å². The molecule has 4 heteroatoms. The minimum Gasteiger partial charge on any atom is -0.345 e. The van der Waals surface area contributed by atoms with Crippen LogP contribution in [0.4, 0.5) is 0 Å². The summed E-state index contributed by atoms with van der Waals surface area (Å²) in [6.07, 6.45) is 0. The van der Waals surface area contributed by atoms with Crippen LogP contribution in [0.1, 0.15) is 12.5 Å². The summed E-state index contributed by atoms with van der Waals surface area (Å²) < 4.78 is 0.852. The SMILES string of the molecule is CC(=O)NCC#Cc1ccc(Cl)cc1Br. The molecule has 1 N–H and O–H groups in total. The van der Waals surface area contributed by atoms with E-state index in [9.17, 15) is 4.79 Å². The van der Waals surface area contributed by atoms with Gasteiger partial charge in [-0.25, -0.2) is 0 Å². The minimum absolute atomic E-state index is 0.0838. The average molecular weight is 287 g/mol. The number of hydrogen-bond acceptors (Lipinski definition) is 1. The lowest BCUT2D eigenvalue weighted by Crippen LogP contribution is -2.19. The topological polar surface area (TPSA) is 29.1 Å². The highest BCUT2D eigenvalue weighted by molar-refractivity contribution is 9.10. The maximum absolute atomic E-state index is 10.6. The number of benzene rings is 1. The van der Waals surface area contributed by atoms with Crippen molar-refractivity contribution in [3.8, 4) is 11.8 Å². The fourth-order valence-electron chi connectivity index (χ4n) is 0.899. The molecular formula is C11H9BrClNO. The first kappa shape index (κ1) is 12.1. The molecule has 0 saturated carbocycles. The van der Waals surface area contributed by atoms with E-state index in [0.29, 0.717) is 11.6 Å². The molecule has 2 nitrogen and oxygen atoms in total. The molecule has 1 aromatic carbocycles. The molecule has 0 aliphatic heterocycles. The van der Waals surface area contributed by atoms with E-state index >= 15 is 0 Å². The predicted molar refractivity (Wildman–Crippen MR) is 64.7 cm³/mol. The fourth-order valence-corrected chi connectivity index (χ4v) is 1.68. The Bertz CT molecular complexity index is 434. The normalized spacial score (nSPS) is 9.00. The zero-order valence-corrected chi connectivity index (χ0v) is 10.4. The van der Waals surface area contributed by atoms with Crippen LogP contribution in [-0.2, 0) is 4.79 Å². The van der Waals surface area contributed by atoms with Gasteiger partial charge in [-0.2, -0.15) is 0 Å². The molecule has 0 radical (unpaired) electrons. The number of carbonyl (C=O) groups excluding carboxylic acids is 1. The lowest BCUT2D eigenvalue weighted by atomic mass is 10.2. The van der Waals surface area contributed by atoms with Gasteiger partial charge >= 0.3 is 0 Å². The molecule has 0 aliphatic rings. The molecule has 0 unspecified atom stereocenters. The molecule has 1 amide bonds. The molecule has 0 saturated heterocycles. The van der Waals surface area contributed by atoms with Crippen LogP contribution >= 0.6 is 27.5 Å². The summed E-state index contributed by atoms with van der Waals surface area (Å²) in [5.74, 6) is 5.68. The lowest BCUT2D eigenvalue weighted by Gasteiger charge is -1.96. The molecule has 78 valence electrons. The van der Waals surface area contributed by atoms with E-state index in [2.05, 4.69) is 33.1 Å². The van der Waals surface area contributed by atoms with Crippen LogP contribution in [0.25, 0.3) is 0 Å². The molecule has 0 bridgehead atoms. The largest absolute Gasteiger partial charge is 0.345 e. The summed E-state index contributed by atoms with van der Waals surface area (Å²) in [6.45, 7) is 1.81. The van der Waals surface area contributed by atoms with Gasteiger partial charge in [0.05, 0.1) is 6.54 Å². The first-order valence-corrected chi connectivity index (χ1v) is 5.45. The van der Waals surface area contributed by atoms with Gasteiger partial charge in [-0.1, -0.05) is 23.4 Å². The average Bonchev–Trinajstić information content (AvgIpc) is 2.14. The summed E-state index contributed by atoms with van der Waals surface area (Å²) in [6, 6.07) is 5.38. The van der Waals surface area contributed by atoms with Crippen LogP contribution in [0.5, 0.6) is 0 Å². The monoisotopic (exact) mass is 285 g/mol. The van der Waals surface area contributed by atoms with Crippen molar-refractivity contribution in [3.63, 3.8) is 0 Å². The summed E-state index contributed by atoms with van der Waals surface area (Å²) in [5, 5.41) is 3.25. The lowest BCUT2D eigenvalue weighted by molar-refractivity contribution is -0.118. The molecule has 1 aromatic rings. The Morgan fingerprint density at radius 2 is 2.33 bits per heavy atom. The fraction of sp³-hybridized carbons (Fsp3) is 0.182. The second-order valence-corrected chi connectivity index (χ2v) is 4.13.